The molecule has 8 heteroatoms. The minimum Gasteiger partial charge on any atom is -0.453 e. The van der Waals surface area contributed by atoms with Crippen molar-refractivity contribution in [2.75, 3.05) is 11.9 Å². The van der Waals surface area contributed by atoms with Gasteiger partial charge < -0.3 is 10.1 Å². The molecule has 27 heavy (non-hydrogen) atoms. The number of esters is 1. The fourth-order valence-corrected chi connectivity index (χ4v) is 2.50. The summed E-state index contributed by atoms with van der Waals surface area (Å²) in [5.74, 6) is -1.08. The van der Waals surface area contributed by atoms with Gasteiger partial charge in [0.05, 0.1) is 5.02 Å². The Morgan fingerprint density at radius 2 is 1.74 bits per heavy atom. The molecule has 2 aromatic rings. The standard InChI is InChI=1S/C19H18Cl2N2O4/c1-11(2)9-17(25)22-13-5-3-12(4-6-13)15(24)10-27-19(26)18-14(20)7-8-16(21)23-18/h3-8,11H,9-10H2,1-2H3,(H,22,25). The van der Waals surface area contributed by atoms with E-state index in [2.05, 4.69) is 10.3 Å². The van der Waals surface area contributed by atoms with E-state index in [1.807, 2.05) is 13.8 Å². The summed E-state index contributed by atoms with van der Waals surface area (Å²) in [6.07, 6.45) is 0.413. The SMILES string of the molecule is CC(C)CC(=O)Nc1ccc(C(=O)COC(=O)c2nc(Cl)ccc2Cl)cc1. The average Bonchev–Trinajstić information content (AvgIpc) is 2.61. The van der Waals surface area contributed by atoms with Crippen molar-refractivity contribution < 1.29 is 19.1 Å². The van der Waals surface area contributed by atoms with Crippen LogP contribution in [0.25, 0.3) is 0 Å². The minimum atomic E-state index is -0.839. The number of Topliss-reactive ketones (excluding diaryl/α,β-unsaturated/α-hetero) is 1. The zero-order valence-corrected chi connectivity index (χ0v) is 16.3. The molecule has 1 amide bonds. The van der Waals surface area contributed by atoms with Gasteiger partial charge in [0.2, 0.25) is 5.91 Å². The smallest absolute Gasteiger partial charge is 0.359 e. The van der Waals surface area contributed by atoms with Crippen LogP contribution < -0.4 is 5.32 Å². The number of amides is 1. The molecule has 0 aliphatic carbocycles. The Morgan fingerprint density at radius 1 is 1.07 bits per heavy atom. The molecule has 0 spiro atoms. The number of aromatic nitrogens is 1. The predicted molar refractivity (Wildman–Crippen MR) is 103 cm³/mol. The summed E-state index contributed by atoms with van der Waals surface area (Å²) in [7, 11) is 0. The van der Waals surface area contributed by atoms with Crippen LogP contribution in [0.4, 0.5) is 5.69 Å². The van der Waals surface area contributed by atoms with Crippen LogP contribution in [0, 0.1) is 5.92 Å². The first-order valence-electron chi connectivity index (χ1n) is 8.18. The summed E-state index contributed by atoms with van der Waals surface area (Å²) in [5, 5.41) is 2.92. The van der Waals surface area contributed by atoms with Crippen molar-refractivity contribution in [3.63, 3.8) is 0 Å². The van der Waals surface area contributed by atoms with E-state index in [-0.39, 0.29) is 27.7 Å². The van der Waals surface area contributed by atoms with Crippen LogP contribution in [0.2, 0.25) is 10.2 Å². The summed E-state index contributed by atoms with van der Waals surface area (Å²) in [6, 6.07) is 9.18. The number of hydrogen-bond donors (Lipinski definition) is 1. The molecule has 1 heterocycles. The molecule has 0 aliphatic heterocycles. The minimum absolute atomic E-state index is 0.0818. The monoisotopic (exact) mass is 408 g/mol. The topological polar surface area (TPSA) is 85.4 Å². The summed E-state index contributed by atoms with van der Waals surface area (Å²) in [5.41, 5.74) is 0.777. The van der Waals surface area contributed by atoms with Gasteiger partial charge in [-0.15, -0.1) is 0 Å². The number of anilines is 1. The van der Waals surface area contributed by atoms with Crippen LogP contribution in [0.3, 0.4) is 0 Å². The number of nitrogens with zero attached hydrogens (tertiary/aromatic N) is 1. The zero-order valence-electron chi connectivity index (χ0n) is 14.8. The van der Waals surface area contributed by atoms with Gasteiger partial charge in [-0.25, -0.2) is 9.78 Å². The Bertz CT molecular complexity index is 851. The molecule has 0 saturated carbocycles. The molecule has 0 aliphatic rings. The van der Waals surface area contributed by atoms with Crippen LogP contribution in [0.5, 0.6) is 0 Å². The number of pyridine rings is 1. The Labute approximate surface area is 166 Å². The number of rotatable bonds is 7. The van der Waals surface area contributed by atoms with Crippen molar-refractivity contribution in [1.82, 2.24) is 4.98 Å². The van der Waals surface area contributed by atoms with Crippen LogP contribution >= 0.6 is 23.2 Å². The molecule has 2 rings (SSSR count). The molecule has 6 nitrogen and oxygen atoms in total. The Hall–Kier alpha value is -2.44. The van der Waals surface area contributed by atoms with Gasteiger partial charge in [-0.05, 0) is 42.3 Å². The Kier molecular flexibility index (Phi) is 7.33. The third-order valence-electron chi connectivity index (χ3n) is 3.42. The highest BCUT2D eigenvalue weighted by Crippen LogP contribution is 2.18. The van der Waals surface area contributed by atoms with Gasteiger partial charge in [0.15, 0.2) is 18.1 Å². The second kappa shape index (κ2) is 9.48. The van der Waals surface area contributed by atoms with E-state index in [9.17, 15) is 14.4 Å². The highest BCUT2D eigenvalue weighted by molar-refractivity contribution is 6.34. The molecule has 0 saturated heterocycles. The van der Waals surface area contributed by atoms with Crippen LogP contribution in [0.1, 0.15) is 41.1 Å². The van der Waals surface area contributed by atoms with Crippen LogP contribution in [0.15, 0.2) is 36.4 Å². The van der Waals surface area contributed by atoms with Gasteiger partial charge in [0, 0.05) is 17.7 Å². The summed E-state index contributed by atoms with van der Waals surface area (Å²) in [6.45, 7) is 3.44. The molecule has 0 atom stereocenters. The van der Waals surface area contributed by atoms with Gasteiger partial charge in [0.25, 0.3) is 0 Å². The fraction of sp³-hybridized carbons (Fsp3) is 0.263. The van der Waals surface area contributed by atoms with Crippen molar-refractivity contribution in [2.24, 2.45) is 5.92 Å². The van der Waals surface area contributed by atoms with E-state index in [4.69, 9.17) is 27.9 Å². The van der Waals surface area contributed by atoms with Gasteiger partial charge in [0.1, 0.15) is 5.15 Å². The van der Waals surface area contributed by atoms with Crippen molar-refractivity contribution in [1.29, 1.82) is 0 Å². The Morgan fingerprint density at radius 3 is 2.37 bits per heavy atom. The fourth-order valence-electron chi connectivity index (χ4n) is 2.17. The number of benzene rings is 1. The van der Waals surface area contributed by atoms with E-state index >= 15 is 0 Å². The lowest BCUT2D eigenvalue weighted by atomic mass is 10.1. The maximum Gasteiger partial charge on any atom is 0.359 e. The van der Waals surface area contributed by atoms with Crippen molar-refractivity contribution in [3.8, 4) is 0 Å². The zero-order chi connectivity index (χ0) is 20.0. The van der Waals surface area contributed by atoms with Gasteiger partial charge in [-0.3, -0.25) is 9.59 Å². The normalized spacial score (nSPS) is 10.6. The summed E-state index contributed by atoms with van der Waals surface area (Å²) < 4.78 is 4.95. The lowest BCUT2D eigenvalue weighted by Crippen LogP contribution is -2.16. The number of carbonyl (C=O) groups is 3. The largest absolute Gasteiger partial charge is 0.453 e. The summed E-state index contributed by atoms with van der Waals surface area (Å²) >= 11 is 11.6. The van der Waals surface area contributed by atoms with Crippen LogP contribution in [-0.2, 0) is 9.53 Å². The summed E-state index contributed by atoms with van der Waals surface area (Å²) in [4.78, 5) is 39.7. The molecular formula is C19H18Cl2N2O4. The molecule has 1 aromatic heterocycles. The first-order valence-corrected chi connectivity index (χ1v) is 8.94. The predicted octanol–water partition coefficient (Wildman–Crippen LogP) is 4.41. The van der Waals surface area contributed by atoms with Crippen molar-refractivity contribution in [2.45, 2.75) is 20.3 Å². The van der Waals surface area contributed by atoms with Crippen molar-refractivity contribution in [3.05, 3.63) is 57.8 Å². The Balaban J connectivity index is 1.93. The number of carbonyl (C=O) groups excluding carboxylic acids is 3. The maximum atomic E-state index is 12.2. The van der Waals surface area contributed by atoms with Gasteiger partial charge >= 0.3 is 5.97 Å². The average molecular weight is 409 g/mol. The number of ketones is 1. The molecule has 142 valence electrons. The first kappa shape index (κ1) is 20.9. The molecular weight excluding hydrogens is 391 g/mol. The van der Waals surface area contributed by atoms with E-state index in [1.54, 1.807) is 24.3 Å². The number of halogens is 2. The van der Waals surface area contributed by atoms with Gasteiger partial charge in [-0.1, -0.05) is 37.0 Å². The molecule has 0 unspecified atom stereocenters. The number of ether oxygens (including phenoxy) is 1. The van der Waals surface area contributed by atoms with E-state index in [0.29, 0.717) is 17.7 Å². The first-order chi connectivity index (χ1) is 12.8. The second-order valence-corrected chi connectivity index (χ2v) is 6.98. The third kappa shape index (κ3) is 6.34. The molecule has 0 fully saturated rings. The lowest BCUT2D eigenvalue weighted by molar-refractivity contribution is -0.116. The van der Waals surface area contributed by atoms with E-state index in [1.165, 1.54) is 12.1 Å². The quantitative estimate of drug-likeness (QED) is 0.416. The second-order valence-electron chi connectivity index (χ2n) is 6.19. The highest BCUT2D eigenvalue weighted by Gasteiger charge is 2.17. The van der Waals surface area contributed by atoms with Crippen molar-refractivity contribution >= 4 is 46.5 Å². The van der Waals surface area contributed by atoms with E-state index in [0.717, 1.165) is 0 Å². The van der Waals surface area contributed by atoms with Crippen LogP contribution in [-0.4, -0.2) is 29.3 Å². The van der Waals surface area contributed by atoms with E-state index < -0.39 is 18.4 Å². The maximum absolute atomic E-state index is 12.2. The molecule has 1 N–H and O–H groups in total. The molecule has 0 radical (unpaired) electrons. The number of hydrogen-bond acceptors (Lipinski definition) is 5. The number of nitrogens with one attached hydrogen (secondary N) is 1. The lowest BCUT2D eigenvalue weighted by Gasteiger charge is -2.08. The molecule has 1 aromatic carbocycles. The molecule has 0 bridgehead atoms. The van der Waals surface area contributed by atoms with Gasteiger partial charge in [-0.2, -0.15) is 0 Å². The highest BCUT2D eigenvalue weighted by atomic mass is 35.5. The third-order valence-corrected chi connectivity index (χ3v) is 3.94.